The summed E-state index contributed by atoms with van der Waals surface area (Å²) in [5, 5.41) is 4.25. The summed E-state index contributed by atoms with van der Waals surface area (Å²) in [6, 6.07) is 0. The van der Waals surface area contributed by atoms with Gasteiger partial charge in [0.2, 0.25) is 0 Å². The first-order chi connectivity index (χ1) is 11.8. The van der Waals surface area contributed by atoms with Crippen LogP contribution in [0, 0.1) is 5.92 Å². The van der Waals surface area contributed by atoms with E-state index in [9.17, 15) is 4.79 Å². The average Bonchev–Trinajstić information content (AvgIpc) is 2.94. The SMILES string of the molecule is CCCn1cc(C(=O)N2CCOCC(Cc3cnccn3)C2)cn1. The van der Waals surface area contributed by atoms with E-state index in [1.807, 2.05) is 15.8 Å². The number of hydrogen-bond donors (Lipinski definition) is 0. The molecule has 1 aliphatic rings. The van der Waals surface area contributed by atoms with Crippen LogP contribution < -0.4 is 0 Å². The monoisotopic (exact) mass is 329 g/mol. The molecule has 128 valence electrons. The molecule has 1 amide bonds. The van der Waals surface area contributed by atoms with Gasteiger partial charge in [-0.25, -0.2) is 0 Å². The van der Waals surface area contributed by atoms with E-state index in [-0.39, 0.29) is 11.8 Å². The van der Waals surface area contributed by atoms with Crippen LogP contribution in [0.25, 0.3) is 0 Å². The number of aromatic nitrogens is 4. The largest absolute Gasteiger partial charge is 0.379 e. The van der Waals surface area contributed by atoms with E-state index in [2.05, 4.69) is 22.0 Å². The van der Waals surface area contributed by atoms with Gasteiger partial charge in [0, 0.05) is 50.3 Å². The summed E-state index contributed by atoms with van der Waals surface area (Å²) in [6.07, 6.45) is 10.4. The molecule has 0 radical (unpaired) electrons. The Bertz CT molecular complexity index is 658. The fourth-order valence-electron chi connectivity index (χ4n) is 2.93. The lowest BCUT2D eigenvalue weighted by molar-refractivity contribution is 0.0737. The van der Waals surface area contributed by atoms with Crippen molar-refractivity contribution in [3.63, 3.8) is 0 Å². The Labute approximate surface area is 141 Å². The Morgan fingerprint density at radius 2 is 2.29 bits per heavy atom. The molecule has 1 unspecified atom stereocenters. The van der Waals surface area contributed by atoms with Crippen LogP contribution in [0.4, 0.5) is 0 Å². The number of hydrogen-bond acceptors (Lipinski definition) is 5. The van der Waals surface area contributed by atoms with Gasteiger partial charge in [0.25, 0.3) is 5.91 Å². The summed E-state index contributed by atoms with van der Waals surface area (Å²) < 4.78 is 7.49. The number of amides is 1. The summed E-state index contributed by atoms with van der Waals surface area (Å²) >= 11 is 0. The van der Waals surface area contributed by atoms with Crippen LogP contribution in [-0.4, -0.2) is 56.9 Å². The zero-order valence-electron chi connectivity index (χ0n) is 14.0. The fraction of sp³-hybridized carbons (Fsp3) is 0.529. The lowest BCUT2D eigenvalue weighted by Crippen LogP contribution is -2.36. The van der Waals surface area contributed by atoms with Crippen LogP contribution in [0.3, 0.4) is 0 Å². The summed E-state index contributed by atoms with van der Waals surface area (Å²) in [5.74, 6) is 0.242. The van der Waals surface area contributed by atoms with Crippen LogP contribution in [0.15, 0.2) is 31.0 Å². The number of carbonyl (C=O) groups is 1. The molecule has 1 saturated heterocycles. The number of nitrogens with zero attached hydrogens (tertiary/aromatic N) is 5. The van der Waals surface area contributed by atoms with E-state index >= 15 is 0 Å². The van der Waals surface area contributed by atoms with E-state index in [1.165, 1.54) is 0 Å². The van der Waals surface area contributed by atoms with Crippen molar-refractivity contribution in [2.75, 3.05) is 26.3 Å². The molecule has 0 spiro atoms. The van der Waals surface area contributed by atoms with E-state index in [0.717, 1.165) is 25.1 Å². The molecule has 7 heteroatoms. The summed E-state index contributed by atoms with van der Waals surface area (Å²) in [4.78, 5) is 23.0. The maximum atomic E-state index is 12.8. The van der Waals surface area contributed by atoms with Gasteiger partial charge in [0.15, 0.2) is 0 Å². The number of rotatable bonds is 5. The molecule has 0 N–H and O–H groups in total. The van der Waals surface area contributed by atoms with Gasteiger partial charge >= 0.3 is 0 Å². The molecule has 0 aliphatic carbocycles. The van der Waals surface area contributed by atoms with Crippen LogP contribution in [0.2, 0.25) is 0 Å². The molecule has 2 aromatic heterocycles. The average molecular weight is 329 g/mol. The van der Waals surface area contributed by atoms with Crippen molar-refractivity contribution in [2.45, 2.75) is 26.3 Å². The molecular weight excluding hydrogens is 306 g/mol. The van der Waals surface area contributed by atoms with Crippen molar-refractivity contribution >= 4 is 5.91 Å². The highest BCUT2D eigenvalue weighted by Gasteiger charge is 2.24. The van der Waals surface area contributed by atoms with E-state index in [4.69, 9.17) is 4.74 Å². The molecule has 0 saturated carbocycles. The minimum absolute atomic E-state index is 0.0204. The van der Waals surface area contributed by atoms with Crippen LogP contribution in [0.5, 0.6) is 0 Å². The van der Waals surface area contributed by atoms with Gasteiger partial charge in [-0.3, -0.25) is 19.4 Å². The standard InChI is InChI=1S/C17H23N5O2/c1-2-5-22-12-15(9-20-22)17(23)21-6-7-24-13-14(11-21)8-16-10-18-3-4-19-16/h3-4,9-10,12,14H,2,5-8,11,13H2,1H3. The van der Waals surface area contributed by atoms with Gasteiger partial charge in [-0.2, -0.15) is 5.10 Å². The molecule has 24 heavy (non-hydrogen) atoms. The maximum Gasteiger partial charge on any atom is 0.257 e. The predicted octanol–water partition coefficient (Wildman–Crippen LogP) is 1.41. The first-order valence-electron chi connectivity index (χ1n) is 8.40. The zero-order valence-corrected chi connectivity index (χ0v) is 14.0. The van der Waals surface area contributed by atoms with Crippen LogP contribution >= 0.6 is 0 Å². The van der Waals surface area contributed by atoms with Gasteiger partial charge in [-0.05, 0) is 12.8 Å². The quantitative estimate of drug-likeness (QED) is 0.829. The highest BCUT2D eigenvalue weighted by molar-refractivity contribution is 5.93. The van der Waals surface area contributed by atoms with Crippen LogP contribution in [-0.2, 0) is 17.7 Å². The molecule has 7 nitrogen and oxygen atoms in total. The second-order valence-electron chi connectivity index (χ2n) is 6.09. The Hall–Kier alpha value is -2.28. The third kappa shape index (κ3) is 4.17. The minimum atomic E-state index is 0.0204. The maximum absolute atomic E-state index is 12.8. The third-order valence-electron chi connectivity index (χ3n) is 4.07. The molecule has 1 atom stereocenters. The number of aryl methyl sites for hydroxylation is 1. The van der Waals surface area contributed by atoms with Gasteiger partial charge in [-0.1, -0.05) is 6.92 Å². The van der Waals surface area contributed by atoms with Crippen molar-refractivity contribution in [3.8, 4) is 0 Å². The third-order valence-corrected chi connectivity index (χ3v) is 4.07. The van der Waals surface area contributed by atoms with E-state index < -0.39 is 0 Å². The van der Waals surface area contributed by atoms with Gasteiger partial charge < -0.3 is 9.64 Å². The molecule has 0 aromatic carbocycles. The lowest BCUT2D eigenvalue weighted by atomic mass is 10.0. The van der Waals surface area contributed by atoms with E-state index in [1.54, 1.807) is 24.8 Å². The summed E-state index contributed by atoms with van der Waals surface area (Å²) in [5.41, 5.74) is 1.57. The topological polar surface area (TPSA) is 73.1 Å². The molecule has 0 bridgehead atoms. The summed E-state index contributed by atoms with van der Waals surface area (Å²) in [7, 11) is 0. The highest BCUT2D eigenvalue weighted by atomic mass is 16.5. The smallest absolute Gasteiger partial charge is 0.257 e. The van der Waals surface area contributed by atoms with Gasteiger partial charge in [0.05, 0.1) is 30.7 Å². The zero-order chi connectivity index (χ0) is 16.8. The van der Waals surface area contributed by atoms with Crippen molar-refractivity contribution in [3.05, 3.63) is 42.2 Å². The minimum Gasteiger partial charge on any atom is -0.379 e. The second-order valence-corrected chi connectivity index (χ2v) is 6.09. The Morgan fingerprint density at radius 1 is 1.38 bits per heavy atom. The molecule has 3 rings (SSSR count). The van der Waals surface area contributed by atoms with Crippen LogP contribution in [0.1, 0.15) is 29.4 Å². The van der Waals surface area contributed by atoms with Crippen molar-refractivity contribution in [2.24, 2.45) is 5.92 Å². The van der Waals surface area contributed by atoms with E-state index in [0.29, 0.717) is 31.9 Å². The Balaban J connectivity index is 1.66. The Kier molecular flexibility index (Phi) is 5.53. The normalized spacial score (nSPS) is 18.4. The predicted molar refractivity (Wildman–Crippen MR) is 88.5 cm³/mol. The first kappa shape index (κ1) is 16.6. The van der Waals surface area contributed by atoms with Crippen molar-refractivity contribution in [1.82, 2.24) is 24.6 Å². The highest BCUT2D eigenvalue weighted by Crippen LogP contribution is 2.15. The lowest BCUT2D eigenvalue weighted by Gasteiger charge is -2.23. The van der Waals surface area contributed by atoms with Crippen molar-refractivity contribution in [1.29, 1.82) is 0 Å². The van der Waals surface area contributed by atoms with Crippen molar-refractivity contribution < 1.29 is 9.53 Å². The molecular formula is C17H23N5O2. The number of ether oxygens (including phenoxy) is 1. The summed E-state index contributed by atoms with van der Waals surface area (Å²) in [6.45, 7) is 5.38. The molecule has 1 fully saturated rings. The Morgan fingerprint density at radius 3 is 3.08 bits per heavy atom. The van der Waals surface area contributed by atoms with Gasteiger partial charge in [-0.15, -0.1) is 0 Å². The molecule has 3 heterocycles. The first-order valence-corrected chi connectivity index (χ1v) is 8.40. The molecule has 2 aromatic rings. The molecule has 1 aliphatic heterocycles. The fourth-order valence-corrected chi connectivity index (χ4v) is 2.93. The number of carbonyl (C=O) groups excluding carboxylic acids is 1. The van der Waals surface area contributed by atoms with Gasteiger partial charge in [0.1, 0.15) is 0 Å². The second kappa shape index (κ2) is 8.01.